The van der Waals surface area contributed by atoms with Crippen molar-refractivity contribution in [1.82, 2.24) is 0 Å². The molecule has 0 saturated carbocycles. The smallest absolute Gasteiger partial charge is 0.134 e. The van der Waals surface area contributed by atoms with Gasteiger partial charge in [-0.1, -0.05) is 29.1 Å². The van der Waals surface area contributed by atoms with Gasteiger partial charge in [0.15, 0.2) is 0 Å². The van der Waals surface area contributed by atoms with Crippen molar-refractivity contribution in [3.8, 4) is 17.6 Å². The molecule has 0 aliphatic rings. The van der Waals surface area contributed by atoms with E-state index in [4.69, 9.17) is 5.53 Å². The Morgan fingerprint density at radius 2 is 2.36 bits per heavy atom. The van der Waals surface area contributed by atoms with Gasteiger partial charge in [0.05, 0.1) is 12.1 Å². The highest BCUT2D eigenvalue weighted by atomic mass is 16.3. The van der Waals surface area contributed by atoms with Crippen LogP contribution in [0.15, 0.2) is 23.3 Å². The van der Waals surface area contributed by atoms with Gasteiger partial charge in [-0.15, -0.1) is 0 Å². The van der Waals surface area contributed by atoms with Gasteiger partial charge in [-0.2, -0.15) is 0 Å². The molecule has 4 heteroatoms. The molecule has 14 heavy (non-hydrogen) atoms. The van der Waals surface area contributed by atoms with Crippen LogP contribution in [0.1, 0.15) is 11.1 Å². The number of hydrogen-bond acceptors (Lipinski definition) is 2. The summed E-state index contributed by atoms with van der Waals surface area (Å²) in [7, 11) is 0. The van der Waals surface area contributed by atoms with Crippen LogP contribution in [0, 0.1) is 18.8 Å². The molecular weight excluding hydrogens is 178 g/mol. The normalized spacial score (nSPS) is 8.36. The maximum atomic E-state index is 9.55. The molecule has 0 radical (unpaired) electrons. The van der Waals surface area contributed by atoms with Crippen molar-refractivity contribution < 1.29 is 5.11 Å². The number of azide groups is 1. The van der Waals surface area contributed by atoms with Gasteiger partial charge in [0.1, 0.15) is 5.75 Å². The van der Waals surface area contributed by atoms with Gasteiger partial charge in [-0.3, -0.25) is 0 Å². The maximum absolute atomic E-state index is 9.55. The van der Waals surface area contributed by atoms with Gasteiger partial charge >= 0.3 is 0 Å². The number of nitrogens with zero attached hydrogens (tertiary/aromatic N) is 3. The third-order valence-corrected chi connectivity index (χ3v) is 1.67. The van der Waals surface area contributed by atoms with Crippen LogP contribution in [0.25, 0.3) is 10.4 Å². The molecule has 1 N–H and O–H groups in total. The monoisotopic (exact) mass is 187 g/mol. The molecule has 0 heterocycles. The topological polar surface area (TPSA) is 69.0 Å². The van der Waals surface area contributed by atoms with E-state index in [0.29, 0.717) is 5.56 Å². The fraction of sp³-hybridized carbons (Fsp3) is 0.200. The van der Waals surface area contributed by atoms with E-state index in [1.807, 2.05) is 6.07 Å². The minimum absolute atomic E-state index is 0.115. The van der Waals surface area contributed by atoms with E-state index >= 15 is 0 Å². The van der Waals surface area contributed by atoms with Crippen LogP contribution < -0.4 is 0 Å². The van der Waals surface area contributed by atoms with Crippen LogP contribution in [-0.2, 0) is 0 Å². The molecule has 0 fully saturated rings. The van der Waals surface area contributed by atoms with Gasteiger partial charge in [0.25, 0.3) is 0 Å². The molecular formula is C10H9N3O. The number of aromatic hydroxyl groups is 1. The van der Waals surface area contributed by atoms with Crippen molar-refractivity contribution in [2.24, 2.45) is 5.11 Å². The van der Waals surface area contributed by atoms with Crippen LogP contribution in [-0.4, -0.2) is 11.7 Å². The van der Waals surface area contributed by atoms with Crippen molar-refractivity contribution in [3.05, 3.63) is 39.8 Å². The number of para-hydroxylation sites is 1. The summed E-state index contributed by atoms with van der Waals surface area (Å²) in [5.74, 6) is 5.55. The highest BCUT2D eigenvalue weighted by Crippen LogP contribution is 2.19. The molecule has 0 bridgehead atoms. The number of hydrogen-bond donors (Lipinski definition) is 1. The summed E-state index contributed by atoms with van der Waals surface area (Å²) in [6.45, 7) is 1.91. The van der Waals surface area contributed by atoms with E-state index in [9.17, 15) is 5.11 Å². The molecule has 0 aliphatic heterocycles. The first-order chi connectivity index (χ1) is 6.75. The molecule has 1 aromatic carbocycles. The van der Waals surface area contributed by atoms with Crippen LogP contribution in [0.3, 0.4) is 0 Å². The van der Waals surface area contributed by atoms with Crippen LogP contribution in [0.2, 0.25) is 0 Å². The molecule has 0 aromatic heterocycles. The molecule has 1 aromatic rings. The van der Waals surface area contributed by atoms with Crippen molar-refractivity contribution in [1.29, 1.82) is 0 Å². The predicted octanol–water partition coefficient (Wildman–Crippen LogP) is 2.36. The zero-order valence-corrected chi connectivity index (χ0v) is 7.73. The molecule has 4 nitrogen and oxygen atoms in total. The third-order valence-electron chi connectivity index (χ3n) is 1.67. The summed E-state index contributed by atoms with van der Waals surface area (Å²) < 4.78 is 0. The fourth-order valence-electron chi connectivity index (χ4n) is 0.962. The van der Waals surface area contributed by atoms with E-state index in [1.54, 1.807) is 19.1 Å². The van der Waals surface area contributed by atoms with E-state index in [0.717, 1.165) is 5.56 Å². The third kappa shape index (κ3) is 2.44. The second-order valence-electron chi connectivity index (χ2n) is 2.66. The Balaban J connectivity index is 2.89. The van der Waals surface area contributed by atoms with Gasteiger partial charge in [-0.25, -0.2) is 0 Å². The predicted molar refractivity (Wildman–Crippen MR) is 53.7 cm³/mol. The molecule has 0 saturated heterocycles. The first-order valence-corrected chi connectivity index (χ1v) is 4.04. The van der Waals surface area contributed by atoms with Crippen LogP contribution >= 0.6 is 0 Å². The first-order valence-electron chi connectivity index (χ1n) is 4.04. The average molecular weight is 187 g/mol. The Hall–Kier alpha value is -2.11. The van der Waals surface area contributed by atoms with E-state index in [-0.39, 0.29) is 12.3 Å². The second kappa shape index (κ2) is 4.80. The number of phenolic OH excluding ortho intramolecular Hbond substituents is 1. The molecule has 70 valence electrons. The zero-order valence-electron chi connectivity index (χ0n) is 7.73. The molecule has 1 rings (SSSR count). The van der Waals surface area contributed by atoms with Crippen molar-refractivity contribution >= 4 is 0 Å². The van der Waals surface area contributed by atoms with Gasteiger partial charge in [-0.05, 0) is 24.1 Å². The molecule has 0 aliphatic carbocycles. The summed E-state index contributed by atoms with van der Waals surface area (Å²) in [5, 5.41) is 12.8. The number of rotatable bonds is 1. The molecule has 0 amide bonds. The minimum atomic E-state index is 0.115. The Kier molecular flexibility index (Phi) is 3.42. The number of aryl methyl sites for hydroxylation is 1. The minimum Gasteiger partial charge on any atom is -0.506 e. The van der Waals surface area contributed by atoms with E-state index in [1.165, 1.54) is 0 Å². The SMILES string of the molecule is Cc1cccc(C#CCN=[N+]=[N-])c1O. The first kappa shape index (κ1) is 9.97. The highest BCUT2D eigenvalue weighted by molar-refractivity contribution is 5.49. The van der Waals surface area contributed by atoms with Gasteiger partial charge < -0.3 is 5.11 Å². The van der Waals surface area contributed by atoms with E-state index < -0.39 is 0 Å². The Morgan fingerprint density at radius 1 is 1.57 bits per heavy atom. The average Bonchev–Trinajstić information content (AvgIpc) is 2.19. The molecule has 0 unspecified atom stereocenters. The Bertz CT molecular complexity index is 436. The zero-order chi connectivity index (χ0) is 10.4. The second-order valence-corrected chi connectivity index (χ2v) is 2.66. The largest absolute Gasteiger partial charge is 0.506 e. The van der Waals surface area contributed by atoms with Crippen molar-refractivity contribution in [2.75, 3.05) is 6.54 Å². The summed E-state index contributed by atoms with van der Waals surface area (Å²) >= 11 is 0. The lowest BCUT2D eigenvalue weighted by atomic mass is 10.1. The fourth-order valence-corrected chi connectivity index (χ4v) is 0.962. The summed E-state index contributed by atoms with van der Waals surface area (Å²) in [5.41, 5.74) is 9.34. The summed E-state index contributed by atoms with van der Waals surface area (Å²) in [6.07, 6.45) is 0. The maximum Gasteiger partial charge on any atom is 0.134 e. The summed E-state index contributed by atoms with van der Waals surface area (Å²) in [4.78, 5) is 2.57. The molecule has 0 atom stereocenters. The van der Waals surface area contributed by atoms with Crippen molar-refractivity contribution in [3.63, 3.8) is 0 Å². The van der Waals surface area contributed by atoms with Gasteiger partial charge in [0, 0.05) is 4.91 Å². The quantitative estimate of drug-likeness (QED) is 0.312. The Labute approximate surface area is 81.8 Å². The number of phenols is 1. The lowest BCUT2D eigenvalue weighted by molar-refractivity contribution is 0.469. The highest BCUT2D eigenvalue weighted by Gasteiger charge is 1.98. The van der Waals surface area contributed by atoms with Crippen LogP contribution in [0.4, 0.5) is 0 Å². The standard InChI is InChI=1S/C10H9N3O/c1-8-4-2-5-9(10(8)14)6-3-7-12-13-11/h2,4-5,14H,7H2,1H3. The Morgan fingerprint density at radius 3 is 3.07 bits per heavy atom. The summed E-state index contributed by atoms with van der Waals surface area (Å²) in [6, 6.07) is 5.33. The van der Waals surface area contributed by atoms with Gasteiger partial charge in [0.2, 0.25) is 0 Å². The molecule has 0 spiro atoms. The lowest BCUT2D eigenvalue weighted by Gasteiger charge is -1.99. The van der Waals surface area contributed by atoms with Crippen LogP contribution in [0.5, 0.6) is 5.75 Å². The van der Waals surface area contributed by atoms with Crippen molar-refractivity contribution in [2.45, 2.75) is 6.92 Å². The number of benzene rings is 1. The lowest BCUT2D eigenvalue weighted by Crippen LogP contribution is -1.80. The van der Waals surface area contributed by atoms with E-state index in [2.05, 4.69) is 21.9 Å².